The summed E-state index contributed by atoms with van der Waals surface area (Å²) in [5.74, 6) is 0.151. The minimum Gasteiger partial charge on any atom is -0.489 e. The largest absolute Gasteiger partial charge is 0.489 e. The third-order valence-corrected chi connectivity index (χ3v) is 3.49. The number of aromatic nitrogens is 6. The van der Waals surface area contributed by atoms with Gasteiger partial charge in [0.25, 0.3) is 5.56 Å². The average Bonchev–Trinajstić information content (AvgIpc) is 3.16. The number of aromatic amines is 1. The van der Waals surface area contributed by atoms with E-state index in [0.717, 1.165) is 0 Å². The summed E-state index contributed by atoms with van der Waals surface area (Å²) in [6.45, 7) is 5.65. The van der Waals surface area contributed by atoms with Crippen LogP contribution >= 0.6 is 0 Å². The normalized spacial score (nSPS) is 10.8. The quantitative estimate of drug-likeness (QED) is 0.645. The van der Waals surface area contributed by atoms with Crippen molar-refractivity contribution in [3.8, 4) is 22.8 Å². The van der Waals surface area contributed by atoms with Gasteiger partial charge in [-0.2, -0.15) is 4.68 Å². The monoisotopic (exact) mass is 370 g/mol. The van der Waals surface area contributed by atoms with Gasteiger partial charge in [0, 0.05) is 11.8 Å². The van der Waals surface area contributed by atoms with E-state index in [0.29, 0.717) is 22.8 Å². The van der Waals surface area contributed by atoms with E-state index >= 15 is 0 Å². The average molecular weight is 370 g/mol. The van der Waals surface area contributed by atoms with Crippen LogP contribution in [0.2, 0.25) is 0 Å². The molecule has 3 aromatic rings. The zero-order valence-corrected chi connectivity index (χ0v) is 15.0. The molecule has 0 atom stereocenters. The summed E-state index contributed by atoms with van der Waals surface area (Å²) in [7, 11) is 0. The third-order valence-electron chi connectivity index (χ3n) is 3.49. The maximum absolute atomic E-state index is 12.2. The van der Waals surface area contributed by atoms with Crippen molar-refractivity contribution in [2.75, 3.05) is 6.61 Å². The number of carbonyl (C=O) groups excluding carboxylic acids is 1. The lowest BCUT2D eigenvalue weighted by molar-refractivity contribution is 0.0523. The second kappa shape index (κ2) is 7.77. The first kappa shape index (κ1) is 18.2. The maximum atomic E-state index is 12.2. The van der Waals surface area contributed by atoms with Crippen LogP contribution in [-0.2, 0) is 4.74 Å². The molecule has 0 fully saturated rings. The molecule has 0 spiro atoms. The van der Waals surface area contributed by atoms with Gasteiger partial charge in [0.2, 0.25) is 0 Å². The number of hydrogen-bond donors (Lipinski definition) is 1. The molecule has 0 unspecified atom stereocenters. The van der Waals surface area contributed by atoms with Crippen molar-refractivity contribution < 1.29 is 14.3 Å². The lowest BCUT2D eigenvalue weighted by Crippen LogP contribution is -2.21. The number of tetrazole rings is 1. The molecule has 140 valence electrons. The Morgan fingerprint density at radius 3 is 2.78 bits per heavy atom. The highest BCUT2D eigenvalue weighted by atomic mass is 16.5. The minimum atomic E-state index is -0.715. The number of benzene rings is 1. The number of nitrogens with zero attached hydrogens (tertiary/aromatic N) is 5. The first-order valence-electron chi connectivity index (χ1n) is 8.30. The van der Waals surface area contributed by atoms with Crippen LogP contribution in [0.15, 0.2) is 35.5 Å². The molecular formula is C17H18N6O4. The molecule has 2 aromatic heterocycles. The number of ether oxygens (including phenoxy) is 2. The first-order valence-corrected chi connectivity index (χ1v) is 8.30. The van der Waals surface area contributed by atoms with Crippen molar-refractivity contribution in [1.82, 2.24) is 30.2 Å². The SMILES string of the molecule is CCOC(=O)c1cnc(-c2ccc(OC(C)C)c(-n3cnnn3)c2)[nH]c1=O. The van der Waals surface area contributed by atoms with Crippen LogP contribution in [0.4, 0.5) is 0 Å². The van der Waals surface area contributed by atoms with Gasteiger partial charge in [0.05, 0.1) is 12.7 Å². The van der Waals surface area contributed by atoms with E-state index in [2.05, 4.69) is 25.5 Å². The number of nitrogens with one attached hydrogen (secondary N) is 1. The van der Waals surface area contributed by atoms with Crippen LogP contribution in [0.5, 0.6) is 5.75 Å². The third kappa shape index (κ3) is 4.00. The van der Waals surface area contributed by atoms with Crippen molar-refractivity contribution in [2.45, 2.75) is 26.9 Å². The highest BCUT2D eigenvalue weighted by molar-refractivity contribution is 5.88. The Morgan fingerprint density at radius 2 is 2.15 bits per heavy atom. The Balaban J connectivity index is 2.02. The molecule has 0 saturated heterocycles. The van der Waals surface area contributed by atoms with E-state index in [1.807, 2.05) is 13.8 Å². The van der Waals surface area contributed by atoms with Gasteiger partial charge in [-0.1, -0.05) is 0 Å². The van der Waals surface area contributed by atoms with Gasteiger partial charge in [-0.15, -0.1) is 5.10 Å². The van der Waals surface area contributed by atoms with Crippen molar-refractivity contribution in [2.24, 2.45) is 0 Å². The van der Waals surface area contributed by atoms with Gasteiger partial charge in [0.15, 0.2) is 0 Å². The molecule has 0 saturated carbocycles. The van der Waals surface area contributed by atoms with Gasteiger partial charge in [-0.25, -0.2) is 9.78 Å². The summed E-state index contributed by atoms with van der Waals surface area (Å²) in [4.78, 5) is 30.7. The standard InChI is InChI=1S/C17H18N6O4/c1-4-26-17(25)12-8-18-15(20-16(12)24)11-5-6-14(27-10(2)3)13(7-11)23-9-19-21-22-23/h5-10H,4H2,1-3H3,(H,18,20,24). The summed E-state index contributed by atoms with van der Waals surface area (Å²) >= 11 is 0. The predicted octanol–water partition coefficient (Wildman–Crippen LogP) is 1.38. The Hall–Kier alpha value is -3.56. The molecular weight excluding hydrogens is 352 g/mol. The van der Waals surface area contributed by atoms with Gasteiger partial charge >= 0.3 is 5.97 Å². The molecule has 0 aliphatic heterocycles. The summed E-state index contributed by atoms with van der Waals surface area (Å²) in [5, 5.41) is 11.2. The van der Waals surface area contributed by atoms with E-state index in [9.17, 15) is 9.59 Å². The Morgan fingerprint density at radius 1 is 1.33 bits per heavy atom. The van der Waals surface area contributed by atoms with Crippen LogP contribution in [0.25, 0.3) is 17.1 Å². The zero-order valence-electron chi connectivity index (χ0n) is 15.0. The number of hydrogen-bond acceptors (Lipinski definition) is 8. The number of H-pyrrole nitrogens is 1. The number of carbonyl (C=O) groups is 1. The molecule has 10 nitrogen and oxygen atoms in total. The topological polar surface area (TPSA) is 125 Å². The molecule has 0 radical (unpaired) electrons. The Labute approximate surface area is 154 Å². The summed E-state index contributed by atoms with van der Waals surface area (Å²) < 4.78 is 12.1. The van der Waals surface area contributed by atoms with Crippen molar-refractivity contribution in [3.63, 3.8) is 0 Å². The van der Waals surface area contributed by atoms with Crippen LogP contribution in [0, 0.1) is 0 Å². The first-order chi connectivity index (χ1) is 13.0. The minimum absolute atomic E-state index is 0.0483. The molecule has 1 aromatic carbocycles. The van der Waals surface area contributed by atoms with Crippen LogP contribution in [0.3, 0.4) is 0 Å². The molecule has 0 aliphatic rings. The smallest absolute Gasteiger partial charge is 0.345 e. The molecule has 0 amide bonds. The van der Waals surface area contributed by atoms with Gasteiger partial charge < -0.3 is 14.5 Å². The molecule has 10 heteroatoms. The van der Waals surface area contributed by atoms with Crippen molar-refractivity contribution in [3.05, 3.63) is 46.6 Å². The van der Waals surface area contributed by atoms with Crippen molar-refractivity contribution >= 4 is 5.97 Å². The number of rotatable bonds is 6. The van der Waals surface area contributed by atoms with E-state index in [-0.39, 0.29) is 18.3 Å². The highest BCUT2D eigenvalue weighted by Gasteiger charge is 2.16. The fourth-order valence-electron chi connectivity index (χ4n) is 2.36. The van der Waals surface area contributed by atoms with E-state index in [1.165, 1.54) is 17.2 Å². The maximum Gasteiger partial charge on any atom is 0.345 e. The van der Waals surface area contributed by atoms with Gasteiger partial charge in [-0.3, -0.25) is 4.79 Å². The van der Waals surface area contributed by atoms with Gasteiger partial charge in [0.1, 0.15) is 29.2 Å². The second-order valence-electron chi connectivity index (χ2n) is 5.80. The van der Waals surface area contributed by atoms with Crippen LogP contribution < -0.4 is 10.3 Å². The van der Waals surface area contributed by atoms with E-state index in [4.69, 9.17) is 9.47 Å². The fourth-order valence-corrected chi connectivity index (χ4v) is 2.36. The molecule has 3 rings (SSSR count). The lowest BCUT2D eigenvalue weighted by atomic mass is 10.1. The van der Waals surface area contributed by atoms with Gasteiger partial charge in [-0.05, 0) is 49.4 Å². The summed E-state index contributed by atoms with van der Waals surface area (Å²) in [6, 6.07) is 5.22. The molecule has 0 bridgehead atoms. The van der Waals surface area contributed by atoms with Crippen LogP contribution in [0.1, 0.15) is 31.1 Å². The highest BCUT2D eigenvalue weighted by Crippen LogP contribution is 2.28. The fraction of sp³-hybridized carbons (Fsp3) is 0.294. The van der Waals surface area contributed by atoms with E-state index in [1.54, 1.807) is 25.1 Å². The Bertz CT molecular complexity index is 997. The Kier molecular flexibility index (Phi) is 5.25. The molecule has 1 N–H and O–H groups in total. The lowest BCUT2D eigenvalue weighted by Gasteiger charge is -2.14. The second-order valence-corrected chi connectivity index (χ2v) is 5.80. The summed E-state index contributed by atoms with van der Waals surface area (Å²) in [5.41, 5.74) is 0.457. The molecule has 27 heavy (non-hydrogen) atoms. The molecule has 0 aliphatic carbocycles. The number of esters is 1. The summed E-state index contributed by atoms with van der Waals surface area (Å²) in [6.07, 6.45) is 2.58. The van der Waals surface area contributed by atoms with Crippen molar-refractivity contribution in [1.29, 1.82) is 0 Å². The van der Waals surface area contributed by atoms with Crippen LogP contribution in [-0.4, -0.2) is 48.9 Å². The zero-order chi connectivity index (χ0) is 19.4. The van der Waals surface area contributed by atoms with E-state index < -0.39 is 11.5 Å². The molecule has 2 heterocycles. The predicted molar refractivity (Wildman–Crippen MR) is 94.7 cm³/mol.